The van der Waals surface area contributed by atoms with E-state index in [0.29, 0.717) is 16.1 Å². The van der Waals surface area contributed by atoms with E-state index in [1.807, 2.05) is 0 Å². The molecule has 2 nitrogen and oxygen atoms in total. The Morgan fingerprint density at radius 3 is 2.24 bits per heavy atom. The molecule has 0 aromatic heterocycles. The van der Waals surface area contributed by atoms with Crippen molar-refractivity contribution in [3.63, 3.8) is 0 Å². The maximum absolute atomic E-state index is 12.1. The molecule has 2 aromatic rings. The lowest BCUT2D eigenvalue weighted by Gasteiger charge is -2.09. The quantitative estimate of drug-likeness (QED) is 0.767. The summed E-state index contributed by atoms with van der Waals surface area (Å²) in [5, 5.41) is 0.347. The Balaban J connectivity index is 2.07. The third-order valence-corrected chi connectivity index (χ3v) is 3.03. The van der Waals surface area contributed by atoms with Crippen LogP contribution in [-0.4, -0.2) is 12.1 Å². The Kier molecular flexibility index (Phi) is 4.53. The van der Waals surface area contributed by atoms with Gasteiger partial charge in [-0.2, -0.15) is 0 Å². The van der Waals surface area contributed by atoms with E-state index in [4.69, 9.17) is 11.6 Å². The van der Waals surface area contributed by atoms with E-state index >= 15 is 0 Å². The normalized spacial score (nSPS) is 11.2. The fourth-order valence-corrected chi connectivity index (χ4v) is 2.02. The van der Waals surface area contributed by atoms with E-state index < -0.39 is 6.36 Å². The monoisotopic (exact) mass is 314 g/mol. The first-order valence-corrected chi connectivity index (χ1v) is 6.35. The minimum atomic E-state index is -4.73. The Morgan fingerprint density at radius 1 is 1.05 bits per heavy atom. The maximum Gasteiger partial charge on any atom is 0.573 e. The van der Waals surface area contributed by atoms with Gasteiger partial charge in [-0.05, 0) is 29.8 Å². The highest BCUT2D eigenvalue weighted by molar-refractivity contribution is 6.34. The van der Waals surface area contributed by atoms with Crippen molar-refractivity contribution in [1.82, 2.24) is 0 Å². The summed E-state index contributed by atoms with van der Waals surface area (Å²) in [6.45, 7) is 0. The van der Waals surface area contributed by atoms with Crippen LogP contribution in [0.25, 0.3) is 0 Å². The molecular formula is C15H10ClF3O2. The average molecular weight is 315 g/mol. The summed E-state index contributed by atoms with van der Waals surface area (Å²) in [4.78, 5) is 12.1. The molecule has 0 amide bonds. The maximum atomic E-state index is 12.1. The molecule has 0 saturated heterocycles. The van der Waals surface area contributed by atoms with E-state index in [1.54, 1.807) is 24.3 Å². The number of alkyl halides is 3. The molecule has 2 rings (SSSR count). The zero-order chi connectivity index (χ0) is 15.5. The van der Waals surface area contributed by atoms with Crippen LogP contribution in [0.3, 0.4) is 0 Å². The van der Waals surface area contributed by atoms with Gasteiger partial charge in [-0.15, -0.1) is 13.2 Å². The summed E-state index contributed by atoms with van der Waals surface area (Å²) < 4.78 is 39.8. The van der Waals surface area contributed by atoms with E-state index in [-0.39, 0.29) is 18.0 Å². The van der Waals surface area contributed by atoms with Crippen molar-refractivity contribution >= 4 is 17.4 Å². The van der Waals surface area contributed by atoms with Crippen LogP contribution in [-0.2, 0) is 6.42 Å². The highest BCUT2D eigenvalue weighted by Crippen LogP contribution is 2.23. The molecule has 0 aliphatic carbocycles. The third kappa shape index (κ3) is 4.49. The van der Waals surface area contributed by atoms with Gasteiger partial charge in [-0.3, -0.25) is 4.79 Å². The summed E-state index contributed by atoms with van der Waals surface area (Å²) in [6.07, 6.45) is -4.68. The Labute approximate surface area is 124 Å². The molecule has 0 spiro atoms. The van der Waals surface area contributed by atoms with Gasteiger partial charge in [0.15, 0.2) is 5.78 Å². The molecule has 6 heteroatoms. The van der Waals surface area contributed by atoms with Crippen molar-refractivity contribution in [2.24, 2.45) is 0 Å². The fraction of sp³-hybridized carbons (Fsp3) is 0.133. The minimum Gasteiger partial charge on any atom is -0.406 e. The van der Waals surface area contributed by atoms with Crippen LogP contribution in [0, 0.1) is 0 Å². The first-order chi connectivity index (χ1) is 9.85. The van der Waals surface area contributed by atoms with Crippen molar-refractivity contribution in [2.45, 2.75) is 12.8 Å². The molecule has 0 fully saturated rings. The highest BCUT2D eigenvalue weighted by Gasteiger charge is 2.30. The Hall–Kier alpha value is -2.01. The number of carbonyl (C=O) groups is 1. The van der Waals surface area contributed by atoms with E-state index in [1.165, 1.54) is 24.3 Å². The van der Waals surface area contributed by atoms with Crippen LogP contribution in [0.5, 0.6) is 5.75 Å². The van der Waals surface area contributed by atoms with Crippen LogP contribution in [0.2, 0.25) is 5.02 Å². The first-order valence-electron chi connectivity index (χ1n) is 5.97. The molecule has 0 saturated carbocycles. The topological polar surface area (TPSA) is 26.3 Å². The number of ketones is 1. The van der Waals surface area contributed by atoms with Crippen LogP contribution in [0.4, 0.5) is 13.2 Å². The molecule has 0 heterocycles. The number of hydrogen-bond donors (Lipinski definition) is 0. The second kappa shape index (κ2) is 6.18. The minimum absolute atomic E-state index is 0.0516. The predicted molar refractivity (Wildman–Crippen MR) is 72.6 cm³/mol. The second-order valence-corrected chi connectivity index (χ2v) is 4.68. The van der Waals surface area contributed by atoms with Crippen molar-refractivity contribution in [3.05, 3.63) is 64.7 Å². The van der Waals surface area contributed by atoms with Gasteiger partial charge >= 0.3 is 6.36 Å². The number of ether oxygens (including phenoxy) is 1. The number of rotatable bonds is 4. The second-order valence-electron chi connectivity index (χ2n) is 4.27. The number of Topliss-reactive ketones (excluding diaryl/α,β-unsaturated/α-hetero) is 1. The molecule has 21 heavy (non-hydrogen) atoms. The van der Waals surface area contributed by atoms with Crippen LogP contribution >= 0.6 is 11.6 Å². The standard InChI is InChI=1S/C15H10ClF3O2/c16-13-4-2-1-3-12(13)14(20)9-10-5-7-11(8-6-10)21-15(17,18)19/h1-8H,9H2. The Morgan fingerprint density at radius 2 is 1.67 bits per heavy atom. The van der Waals surface area contributed by atoms with Gasteiger partial charge in [0.1, 0.15) is 5.75 Å². The number of benzene rings is 2. The lowest BCUT2D eigenvalue weighted by molar-refractivity contribution is -0.274. The molecule has 0 N–H and O–H groups in total. The molecule has 0 aliphatic heterocycles. The molecule has 0 radical (unpaired) electrons. The predicted octanol–water partition coefficient (Wildman–Crippen LogP) is 4.66. The molecule has 0 aliphatic rings. The average Bonchev–Trinajstić information content (AvgIpc) is 2.40. The van der Waals surface area contributed by atoms with Gasteiger partial charge in [-0.25, -0.2) is 0 Å². The van der Waals surface area contributed by atoms with Crippen molar-refractivity contribution < 1.29 is 22.7 Å². The van der Waals surface area contributed by atoms with E-state index in [0.717, 1.165) is 0 Å². The summed E-state index contributed by atoms with van der Waals surface area (Å²) in [5.41, 5.74) is 0.962. The van der Waals surface area contributed by atoms with Gasteiger partial charge in [0.05, 0.1) is 5.02 Å². The van der Waals surface area contributed by atoms with Crippen LogP contribution < -0.4 is 4.74 Å². The molecule has 0 unspecified atom stereocenters. The molecule has 0 atom stereocenters. The number of halogens is 4. The third-order valence-electron chi connectivity index (χ3n) is 2.70. The van der Waals surface area contributed by atoms with Crippen molar-refractivity contribution in [1.29, 1.82) is 0 Å². The van der Waals surface area contributed by atoms with Crippen molar-refractivity contribution in [2.75, 3.05) is 0 Å². The highest BCUT2D eigenvalue weighted by atomic mass is 35.5. The van der Waals surface area contributed by atoms with Gasteiger partial charge in [0, 0.05) is 12.0 Å². The lowest BCUT2D eigenvalue weighted by Crippen LogP contribution is -2.17. The number of carbonyl (C=O) groups excluding carboxylic acids is 1. The van der Waals surface area contributed by atoms with Gasteiger partial charge in [0.2, 0.25) is 0 Å². The molecule has 2 aromatic carbocycles. The fourth-order valence-electron chi connectivity index (χ4n) is 1.78. The summed E-state index contributed by atoms with van der Waals surface area (Å²) in [6, 6.07) is 11.8. The Bertz CT molecular complexity index is 636. The molecule has 110 valence electrons. The van der Waals surface area contributed by atoms with Crippen molar-refractivity contribution in [3.8, 4) is 5.75 Å². The molecular weight excluding hydrogens is 305 g/mol. The van der Waals surface area contributed by atoms with E-state index in [9.17, 15) is 18.0 Å². The SMILES string of the molecule is O=C(Cc1ccc(OC(F)(F)F)cc1)c1ccccc1Cl. The van der Waals surface area contributed by atoms with Crippen LogP contribution in [0.15, 0.2) is 48.5 Å². The first kappa shape index (κ1) is 15.4. The smallest absolute Gasteiger partial charge is 0.406 e. The van der Waals surface area contributed by atoms with Crippen LogP contribution in [0.1, 0.15) is 15.9 Å². The zero-order valence-corrected chi connectivity index (χ0v) is 11.4. The largest absolute Gasteiger partial charge is 0.573 e. The van der Waals surface area contributed by atoms with Gasteiger partial charge < -0.3 is 4.74 Å². The molecule has 0 bridgehead atoms. The number of hydrogen-bond acceptors (Lipinski definition) is 2. The lowest BCUT2D eigenvalue weighted by atomic mass is 10.0. The summed E-state index contributed by atoms with van der Waals surface area (Å²) in [5.74, 6) is -0.526. The van der Waals surface area contributed by atoms with Gasteiger partial charge in [-0.1, -0.05) is 35.9 Å². The summed E-state index contributed by atoms with van der Waals surface area (Å²) >= 11 is 5.92. The van der Waals surface area contributed by atoms with Gasteiger partial charge in [0.25, 0.3) is 0 Å². The van der Waals surface area contributed by atoms with E-state index in [2.05, 4.69) is 4.74 Å². The zero-order valence-electron chi connectivity index (χ0n) is 10.7. The summed E-state index contributed by atoms with van der Waals surface area (Å²) in [7, 11) is 0.